The van der Waals surface area contributed by atoms with Crippen molar-refractivity contribution in [3.05, 3.63) is 104 Å². The number of hydrogen-bond donors (Lipinski definition) is 1. The lowest BCUT2D eigenvalue weighted by Crippen LogP contribution is -2.31. The molecule has 324 valence electrons. The Balaban J connectivity index is 0.000000186. The van der Waals surface area contributed by atoms with Gasteiger partial charge in [0.2, 0.25) is 0 Å². The Labute approximate surface area is 397 Å². The molecule has 60 heavy (non-hydrogen) atoms. The van der Waals surface area contributed by atoms with Crippen LogP contribution in [0, 0.1) is 0 Å². The number of alkyl halides is 1. The minimum Gasteiger partial charge on any atom is -0.494 e. The van der Waals surface area contributed by atoms with Gasteiger partial charge in [-0.3, -0.25) is 0 Å². The molecular formula is C44H52BrCl5N6O2S2. The molecule has 0 bridgehead atoms. The van der Waals surface area contributed by atoms with Gasteiger partial charge in [0.25, 0.3) is 0 Å². The molecule has 2 aliphatic rings. The number of thiazole rings is 2. The molecular weight excluding hydrogens is 966 g/mol. The maximum absolute atomic E-state index is 6.41. The second kappa shape index (κ2) is 26.4. The smallest absolute Gasteiger partial charge is 0.121 e. The summed E-state index contributed by atoms with van der Waals surface area (Å²) in [4.78, 5) is 15.8. The molecule has 4 aromatic carbocycles. The number of aromatic nitrogens is 2. The molecule has 2 fully saturated rings. The molecule has 0 radical (unpaired) electrons. The van der Waals surface area contributed by atoms with Gasteiger partial charge in [-0.15, -0.1) is 35.1 Å². The highest BCUT2D eigenvalue weighted by Crippen LogP contribution is 2.34. The van der Waals surface area contributed by atoms with Gasteiger partial charge in [-0.2, -0.15) is 0 Å². The standard InChI is InChI=1S/C22H25Cl2N3OS.C11H12BrNOS.C11H14Cl2N2.ClH/c23-18-5-3-6-20(22(18)24)27-11-4-10-26(12-13-27)9-1-2-14-28-17-7-8-21-19(15-17)25-16-29-21;12-5-1-2-6-14-9-3-4-11-10(7-9)13-8-15-11;12-9-3-1-4-10(11(9)13)15-7-2-5-14-6-8-15;/h3,5-8,15-16H,1-2,4,9-14H2;3-4,7-8H,1-2,5-6H2;1,3-4,14H,2,5-8H2;1H. The molecule has 6 aromatic rings. The summed E-state index contributed by atoms with van der Waals surface area (Å²) in [6.45, 7) is 10.9. The number of unbranched alkanes of at least 4 members (excludes halogenated alkanes) is 2. The average Bonchev–Trinajstić information content (AvgIpc) is 3.76. The minimum absolute atomic E-state index is 0. The van der Waals surface area contributed by atoms with Gasteiger partial charge in [-0.05, 0) is 107 Å². The molecule has 16 heteroatoms. The van der Waals surface area contributed by atoms with Crippen molar-refractivity contribution in [2.24, 2.45) is 0 Å². The molecule has 8 nitrogen and oxygen atoms in total. The fourth-order valence-electron chi connectivity index (χ4n) is 6.86. The van der Waals surface area contributed by atoms with Crippen molar-refractivity contribution in [1.29, 1.82) is 0 Å². The van der Waals surface area contributed by atoms with E-state index in [1.165, 1.54) is 9.40 Å². The van der Waals surface area contributed by atoms with Crippen molar-refractivity contribution in [3.8, 4) is 11.5 Å². The van der Waals surface area contributed by atoms with Crippen molar-refractivity contribution in [2.45, 2.75) is 38.5 Å². The fourth-order valence-corrected chi connectivity index (χ4v) is 9.41. The van der Waals surface area contributed by atoms with Crippen LogP contribution in [0.5, 0.6) is 11.5 Å². The van der Waals surface area contributed by atoms with Crippen LogP contribution in [0.15, 0.2) is 83.8 Å². The Bertz CT molecular complexity index is 2170. The molecule has 8 rings (SSSR count). The number of rotatable bonds is 13. The van der Waals surface area contributed by atoms with Gasteiger partial charge in [0.15, 0.2) is 0 Å². The van der Waals surface area contributed by atoms with Crippen molar-refractivity contribution < 1.29 is 9.47 Å². The van der Waals surface area contributed by atoms with E-state index < -0.39 is 0 Å². The van der Waals surface area contributed by atoms with Crippen LogP contribution in [0.1, 0.15) is 38.5 Å². The number of nitrogens with zero attached hydrogens (tertiary/aromatic N) is 5. The monoisotopic (exact) mass is 1010 g/mol. The highest BCUT2D eigenvalue weighted by atomic mass is 79.9. The van der Waals surface area contributed by atoms with Crippen LogP contribution in [0.2, 0.25) is 20.1 Å². The summed E-state index contributed by atoms with van der Waals surface area (Å²) < 4.78 is 13.9. The summed E-state index contributed by atoms with van der Waals surface area (Å²) in [5, 5.41) is 6.99. The zero-order chi connectivity index (χ0) is 41.2. The van der Waals surface area contributed by atoms with Crippen molar-refractivity contribution in [3.63, 3.8) is 0 Å². The van der Waals surface area contributed by atoms with Gasteiger partial charge >= 0.3 is 0 Å². The number of benzene rings is 4. The third-order valence-electron chi connectivity index (χ3n) is 10.0. The summed E-state index contributed by atoms with van der Waals surface area (Å²) in [7, 11) is 0. The molecule has 2 saturated heterocycles. The first-order valence-corrected chi connectivity index (χ1v) is 24.6. The molecule has 2 aromatic heterocycles. The van der Waals surface area contributed by atoms with E-state index in [2.05, 4.69) is 64.1 Å². The van der Waals surface area contributed by atoms with Crippen LogP contribution in [0.4, 0.5) is 11.4 Å². The first-order valence-electron chi connectivity index (χ1n) is 20.2. The largest absolute Gasteiger partial charge is 0.494 e. The zero-order valence-electron chi connectivity index (χ0n) is 33.5. The summed E-state index contributed by atoms with van der Waals surface area (Å²) in [6, 6.07) is 23.9. The maximum atomic E-state index is 6.41. The molecule has 0 unspecified atom stereocenters. The van der Waals surface area contributed by atoms with Gasteiger partial charge in [-0.1, -0.05) is 74.5 Å². The number of anilines is 2. The average molecular weight is 1020 g/mol. The predicted molar refractivity (Wildman–Crippen MR) is 266 cm³/mol. The fraction of sp³-hybridized carbons (Fsp3) is 0.409. The predicted octanol–water partition coefficient (Wildman–Crippen LogP) is 13.0. The van der Waals surface area contributed by atoms with E-state index in [1.807, 2.05) is 65.6 Å². The Morgan fingerprint density at radius 1 is 0.617 bits per heavy atom. The van der Waals surface area contributed by atoms with E-state index in [0.29, 0.717) is 20.1 Å². The van der Waals surface area contributed by atoms with Crippen LogP contribution in [0.25, 0.3) is 20.4 Å². The van der Waals surface area contributed by atoms with Gasteiger partial charge in [0, 0.05) is 56.7 Å². The van der Waals surface area contributed by atoms with Crippen LogP contribution in [-0.4, -0.2) is 92.3 Å². The van der Waals surface area contributed by atoms with E-state index in [4.69, 9.17) is 55.9 Å². The van der Waals surface area contributed by atoms with E-state index in [-0.39, 0.29) is 12.4 Å². The van der Waals surface area contributed by atoms with Crippen LogP contribution >= 0.6 is 97.4 Å². The van der Waals surface area contributed by atoms with Crippen molar-refractivity contribution >= 4 is 129 Å². The van der Waals surface area contributed by atoms with Crippen LogP contribution in [0.3, 0.4) is 0 Å². The van der Waals surface area contributed by atoms with E-state index in [0.717, 1.165) is 150 Å². The van der Waals surface area contributed by atoms with Crippen LogP contribution in [-0.2, 0) is 0 Å². The Kier molecular flexibility index (Phi) is 21.4. The normalized spacial score (nSPS) is 14.6. The summed E-state index contributed by atoms with van der Waals surface area (Å²) in [6.07, 6.45) is 6.70. The van der Waals surface area contributed by atoms with E-state index in [9.17, 15) is 0 Å². The minimum atomic E-state index is 0. The first kappa shape index (κ1) is 48.7. The highest BCUT2D eigenvalue weighted by molar-refractivity contribution is 9.09. The van der Waals surface area contributed by atoms with Crippen molar-refractivity contribution in [2.75, 3.05) is 87.2 Å². The summed E-state index contributed by atoms with van der Waals surface area (Å²) in [5.74, 6) is 1.83. The van der Waals surface area contributed by atoms with E-state index >= 15 is 0 Å². The number of hydrogen-bond acceptors (Lipinski definition) is 10. The second-order valence-electron chi connectivity index (χ2n) is 14.2. The molecule has 0 atom stereocenters. The molecule has 1 N–H and O–H groups in total. The SMILES string of the molecule is BrCCCCOc1ccc2scnc2c1.Cl.Clc1cccc(N2CCCN(CCCCOc3ccc4scnc4c3)CC2)c1Cl.Clc1cccc(N2CCCNCC2)c1Cl. The van der Waals surface area contributed by atoms with Gasteiger partial charge in [-0.25, -0.2) is 9.97 Å². The summed E-state index contributed by atoms with van der Waals surface area (Å²) in [5.41, 5.74) is 7.87. The van der Waals surface area contributed by atoms with E-state index in [1.54, 1.807) is 22.7 Å². The Morgan fingerprint density at radius 2 is 1.18 bits per heavy atom. The first-order chi connectivity index (χ1) is 28.9. The number of fused-ring (bicyclic) bond motifs is 2. The molecule has 0 amide bonds. The lowest BCUT2D eigenvalue weighted by molar-refractivity contribution is 0.261. The topological polar surface area (TPSA) is 66.0 Å². The number of ether oxygens (including phenoxy) is 2. The molecule has 0 saturated carbocycles. The van der Waals surface area contributed by atoms with Gasteiger partial charge in [0.05, 0.1) is 76.1 Å². The lowest BCUT2D eigenvalue weighted by atomic mass is 10.2. The Morgan fingerprint density at radius 3 is 1.78 bits per heavy atom. The third kappa shape index (κ3) is 14.9. The van der Waals surface area contributed by atoms with Crippen molar-refractivity contribution in [1.82, 2.24) is 20.2 Å². The molecule has 0 aliphatic carbocycles. The second-order valence-corrected chi connectivity index (χ2v) is 18.3. The van der Waals surface area contributed by atoms with Gasteiger partial charge < -0.3 is 29.5 Å². The quantitative estimate of drug-likeness (QED) is 0.0907. The maximum Gasteiger partial charge on any atom is 0.121 e. The van der Waals surface area contributed by atoms with Gasteiger partial charge in [0.1, 0.15) is 11.5 Å². The lowest BCUT2D eigenvalue weighted by Gasteiger charge is -2.25. The number of nitrogens with one attached hydrogen (secondary N) is 1. The Hall–Kier alpha value is -2.29. The summed E-state index contributed by atoms with van der Waals surface area (Å²) >= 11 is 31.5. The highest BCUT2D eigenvalue weighted by Gasteiger charge is 2.18. The molecule has 0 spiro atoms. The molecule has 4 heterocycles. The third-order valence-corrected chi connectivity index (χ3v) is 13.8. The zero-order valence-corrected chi connectivity index (χ0v) is 40.5. The molecule has 2 aliphatic heterocycles. The van der Waals surface area contributed by atoms with Crippen LogP contribution < -0.4 is 24.6 Å². The number of halogens is 6.